The van der Waals surface area contributed by atoms with Gasteiger partial charge < -0.3 is 10.5 Å². The molecule has 1 aliphatic carbocycles. The molecule has 16 heavy (non-hydrogen) atoms. The fourth-order valence-electron chi connectivity index (χ4n) is 2.09. The molecule has 1 unspecified atom stereocenters. The molecular formula is C13H18BrNO. The largest absolute Gasteiger partial charge is 0.494 e. The molecule has 3 heteroatoms. The second-order valence-corrected chi connectivity index (χ2v) is 5.19. The summed E-state index contributed by atoms with van der Waals surface area (Å²) in [6.45, 7) is 2.68. The van der Waals surface area contributed by atoms with E-state index < -0.39 is 0 Å². The highest BCUT2D eigenvalue weighted by atomic mass is 79.9. The number of hydrogen-bond acceptors (Lipinski definition) is 2. The van der Waals surface area contributed by atoms with Crippen LogP contribution in [-0.4, -0.2) is 6.61 Å². The Morgan fingerprint density at radius 1 is 1.50 bits per heavy atom. The van der Waals surface area contributed by atoms with E-state index in [9.17, 15) is 0 Å². The summed E-state index contributed by atoms with van der Waals surface area (Å²) in [6.07, 6.45) is 3.86. The van der Waals surface area contributed by atoms with Crippen LogP contribution in [0.15, 0.2) is 22.7 Å². The summed E-state index contributed by atoms with van der Waals surface area (Å²) in [7, 11) is 0. The topological polar surface area (TPSA) is 35.2 Å². The highest BCUT2D eigenvalue weighted by Crippen LogP contribution is 2.39. The first-order valence-corrected chi connectivity index (χ1v) is 6.69. The van der Waals surface area contributed by atoms with Crippen molar-refractivity contribution in [1.29, 1.82) is 0 Å². The average molecular weight is 284 g/mol. The van der Waals surface area contributed by atoms with Crippen molar-refractivity contribution in [2.24, 2.45) is 11.7 Å². The van der Waals surface area contributed by atoms with Gasteiger partial charge in [-0.3, -0.25) is 0 Å². The fraction of sp³-hybridized carbons (Fsp3) is 0.538. The van der Waals surface area contributed by atoms with Crippen LogP contribution in [0.1, 0.15) is 37.8 Å². The summed E-state index contributed by atoms with van der Waals surface area (Å²) in [5.74, 6) is 1.56. The average Bonchev–Trinajstić information content (AvgIpc) is 2.15. The Labute approximate surface area is 105 Å². The monoisotopic (exact) mass is 283 g/mol. The van der Waals surface area contributed by atoms with Gasteiger partial charge in [0.2, 0.25) is 0 Å². The quantitative estimate of drug-likeness (QED) is 0.916. The molecule has 1 aromatic rings. The van der Waals surface area contributed by atoms with E-state index in [4.69, 9.17) is 10.5 Å². The van der Waals surface area contributed by atoms with Crippen LogP contribution in [0.2, 0.25) is 0 Å². The van der Waals surface area contributed by atoms with Gasteiger partial charge in [0.15, 0.2) is 0 Å². The Balaban J connectivity index is 2.14. The van der Waals surface area contributed by atoms with Gasteiger partial charge >= 0.3 is 0 Å². The molecule has 88 valence electrons. The summed E-state index contributed by atoms with van der Waals surface area (Å²) in [5, 5.41) is 0. The van der Waals surface area contributed by atoms with Gasteiger partial charge in [-0.15, -0.1) is 0 Å². The van der Waals surface area contributed by atoms with Crippen LogP contribution in [0.25, 0.3) is 0 Å². The smallest absolute Gasteiger partial charge is 0.120 e. The maximum atomic E-state index is 6.25. The van der Waals surface area contributed by atoms with Crippen molar-refractivity contribution in [3.05, 3.63) is 28.2 Å². The molecule has 1 saturated carbocycles. The van der Waals surface area contributed by atoms with E-state index >= 15 is 0 Å². The molecule has 1 aromatic carbocycles. The van der Waals surface area contributed by atoms with Gasteiger partial charge in [0.05, 0.1) is 6.61 Å². The second kappa shape index (κ2) is 5.19. The molecule has 0 heterocycles. The maximum Gasteiger partial charge on any atom is 0.120 e. The molecule has 0 aliphatic heterocycles. The van der Waals surface area contributed by atoms with Crippen LogP contribution in [-0.2, 0) is 0 Å². The lowest BCUT2D eigenvalue weighted by Crippen LogP contribution is -2.27. The zero-order chi connectivity index (χ0) is 11.5. The molecular weight excluding hydrogens is 266 g/mol. The van der Waals surface area contributed by atoms with E-state index in [1.54, 1.807) is 0 Å². The van der Waals surface area contributed by atoms with E-state index in [2.05, 4.69) is 22.0 Å². The SMILES string of the molecule is CCOc1ccc(C(N)C2CCC2)c(Br)c1. The maximum absolute atomic E-state index is 6.25. The predicted octanol–water partition coefficient (Wildman–Crippen LogP) is 3.65. The number of ether oxygens (including phenoxy) is 1. The predicted molar refractivity (Wildman–Crippen MR) is 69.6 cm³/mol. The van der Waals surface area contributed by atoms with E-state index in [-0.39, 0.29) is 6.04 Å². The Bertz CT molecular complexity index is 363. The van der Waals surface area contributed by atoms with Crippen molar-refractivity contribution in [2.75, 3.05) is 6.61 Å². The summed E-state index contributed by atoms with van der Waals surface area (Å²) in [4.78, 5) is 0. The van der Waals surface area contributed by atoms with Crippen LogP contribution in [0.3, 0.4) is 0 Å². The minimum absolute atomic E-state index is 0.166. The van der Waals surface area contributed by atoms with Gasteiger partial charge in [0.25, 0.3) is 0 Å². The number of benzene rings is 1. The lowest BCUT2D eigenvalue weighted by atomic mass is 9.77. The zero-order valence-corrected chi connectivity index (χ0v) is 11.2. The third-order valence-electron chi connectivity index (χ3n) is 3.30. The summed E-state index contributed by atoms with van der Waals surface area (Å²) >= 11 is 3.58. The van der Waals surface area contributed by atoms with Crippen molar-refractivity contribution < 1.29 is 4.74 Å². The van der Waals surface area contributed by atoms with Crippen molar-refractivity contribution in [3.63, 3.8) is 0 Å². The summed E-state index contributed by atoms with van der Waals surface area (Å²) in [6, 6.07) is 6.26. The molecule has 0 aromatic heterocycles. The van der Waals surface area contributed by atoms with E-state index in [1.165, 1.54) is 24.8 Å². The molecule has 1 atom stereocenters. The number of halogens is 1. The molecule has 1 fully saturated rings. The van der Waals surface area contributed by atoms with Gasteiger partial charge in [-0.25, -0.2) is 0 Å². The van der Waals surface area contributed by atoms with Gasteiger partial charge in [0, 0.05) is 10.5 Å². The van der Waals surface area contributed by atoms with Crippen LogP contribution in [0.4, 0.5) is 0 Å². The highest BCUT2D eigenvalue weighted by molar-refractivity contribution is 9.10. The van der Waals surface area contributed by atoms with Gasteiger partial charge in [-0.2, -0.15) is 0 Å². The lowest BCUT2D eigenvalue weighted by Gasteiger charge is -2.32. The van der Waals surface area contributed by atoms with Gasteiger partial charge in [0.1, 0.15) is 5.75 Å². The highest BCUT2D eigenvalue weighted by Gasteiger charge is 2.26. The molecule has 0 bridgehead atoms. The van der Waals surface area contributed by atoms with Crippen molar-refractivity contribution in [2.45, 2.75) is 32.2 Å². The number of rotatable bonds is 4. The third kappa shape index (κ3) is 2.41. The van der Waals surface area contributed by atoms with Crippen molar-refractivity contribution in [3.8, 4) is 5.75 Å². The number of hydrogen-bond donors (Lipinski definition) is 1. The second-order valence-electron chi connectivity index (χ2n) is 4.33. The van der Waals surface area contributed by atoms with Crippen molar-refractivity contribution >= 4 is 15.9 Å². The Morgan fingerprint density at radius 3 is 2.75 bits per heavy atom. The third-order valence-corrected chi connectivity index (χ3v) is 3.99. The Morgan fingerprint density at radius 2 is 2.25 bits per heavy atom. The first-order valence-electron chi connectivity index (χ1n) is 5.90. The minimum atomic E-state index is 0.166. The fourth-order valence-corrected chi connectivity index (χ4v) is 2.71. The summed E-state index contributed by atoms with van der Waals surface area (Å²) in [5.41, 5.74) is 7.46. The molecule has 0 radical (unpaired) electrons. The van der Waals surface area contributed by atoms with E-state index in [0.717, 1.165) is 10.2 Å². The Kier molecular flexibility index (Phi) is 3.87. The van der Waals surface area contributed by atoms with Crippen LogP contribution in [0.5, 0.6) is 5.75 Å². The van der Waals surface area contributed by atoms with Gasteiger partial charge in [-0.05, 0) is 43.4 Å². The normalized spacial score (nSPS) is 17.9. The molecule has 1 aliphatic rings. The molecule has 0 saturated heterocycles. The zero-order valence-electron chi connectivity index (χ0n) is 9.58. The van der Waals surface area contributed by atoms with E-state index in [1.807, 2.05) is 19.1 Å². The summed E-state index contributed by atoms with van der Waals surface area (Å²) < 4.78 is 6.52. The van der Waals surface area contributed by atoms with Crippen molar-refractivity contribution in [1.82, 2.24) is 0 Å². The molecule has 2 N–H and O–H groups in total. The molecule has 0 amide bonds. The molecule has 2 nitrogen and oxygen atoms in total. The van der Waals surface area contributed by atoms with Crippen LogP contribution < -0.4 is 10.5 Å². The van der Waals surface area contributed by atoms with Crippen LogP contribution in [0, 0.1) is 5.92 Å². The molecule has 2 rings (SSSR count). The van der Waals surface area contributed by atoms with Gasteiger partial charge in [-0.1, -0.05) is 28.4 Å². The standard InChI is InChI=1S/C13H18BrNO/c1-2-16-10-6-7-11(12(14)8-10)13(15)9-4-3-5-9/h6-9,13H,2-5,15H2,1H3. The first-order chi connectivity index (χ1) is 7.72. The Hall–Kier alpha value is -0.540. The molecule has 0 spiro atoms. The lowest BCUT2D eigenvalue weighted by molar-refractivity contribution is 0.263. The number of nitrogens with two attached hydrogens (primary N) is 1. The van der Waals surface area contributed by atoms with Crippen LogP contribution >= 0.6 is 15.9 Å². The van der Waals surface area contributed by atoms with E-state index in [0.29, 0.717) is 12.5 Å². The minimum Gasteiger partial charge on any atom is -0.494 e. The first kappa shape index (κ1) is 11.9.